The molecule has 0 unspecified atom stereocenters. The Morgan fingerprint density at radius 1 is 1.27 bits per heavy atom. The number of hydrogen-bond acceptors (Lipinski definition) is 2. The van der Waals surface area contributed by atoms with Gasteiger partial charge in [0, 0.05) is 19.6 Å². The summed E-state index contributed by atoms with van der Waals surface area (Å²) in [6.45, 7) is -0.241. The SMILES string of the molecule is O=C(O)[C@@H]1CN(C/C=C/c2ccc(F)cc2)C[C@H]1C(F)(F)F. The van der Waals surface area contributed by atoms with Gasteiger partial charge in [0.1, 0.15) is 5.82 Å². The van der Waals surface area contributed by atoms with Crippen molar-refractivity contribution in [2.24, 2.45) is 11.8 Å². The quantitative estimate of drug-likeness (QED) is 0.868. The highest BCUT2D eigenvalue weighted by molar-refractivity contribution is 5.71. The largest absolute Gasteiger partial charge is 0.481 e. The number of rotatable bonds is 4. The minimum atomic E-state index is -4.52. The van der Waals surface area contributed by atoms with Gasteiger partial charge in [0.25, 0.3) is 0 Å². The third-order valence-electron chi connectivity index (χ3n) is 3.68. The van der Waals surface area contributed by atoms with E-state index in [2.05, 4.69) is 0 Å². The first-order valence-corrected chi connectivity index (χ1v) is 6.71. The molecule has 1 fully saturated rings. The van der Waals surface area contributed by atoms with E-state index >= 15 is 0 Å². The Morgan fingerprint density at radius 3 is 2.41 bits per heavy atom. The molecule has 2 atom stereocenters. The first-order valence-electron chi connectivity index (χ1n) is 6.71. The van der Waals surface area contributed by atoms with Crippen LogP contribution in [0.25, 0.3) is 6.08 Å². The van der Waals surface area contributed by atoms with Crippen LogP contribution in [0.1, 0.15) is 5.56 Å². The Kier molecular flexibility index (Phi) is 4.85. The molecule has 1 aromatic rings. The molecule has 1 N–H and O–H groups in total. The molecule has 22 heavy (non-hydrogen) atoms. The molecule has 1 aromatic carbocycles. The topological polar surface area (TPSA) is 40.5 Å². The molecule has 3 nitrogen and oxygen atoms in total. The number of nitrogens with zero attached hydrogens (tertiary/aromatic N) is 1. The summed E-state index contributed by atoms with van der Waals surface area (Å²) < 4.78 is 51.2. The molecule has 120 valence electrons. The van der Waals surface area contributed by atoms with Crippen LogP contribution in [0.15, 0.2) is 30.3 Å². The number of carboxylic acids is 1. The maximum atomic E-state index is 12.8. The first kappa shape index (κ1) is 16.5. The van der Waals surface area contributed by atoms with E-state index in [1.807, 2.05) is 0 Å². The smallest absolute Gasteiger partial charge is 0.393 e. The Hall–Kier alpha value is -1.89. The van der Waals surface area contributed by atoms with Gasteiger partial charge in [0.05, 0.1) is 11.8 Å². The van der Waals surface area contributed by atoms with E-state index in [0.29, 0.717) is 0 Å². The average Bonchev–Trinajstić information content (AvgIpc) is 2.85. The number of hydrogen-bond donors (Lipinski definition) is 1. The fourth-order valence-electron chi connectivity index (χ4n) is 2.53. The summed E-state index contributed by atoms with van der Waals surface area (Å²) in [5.41, 5.74) is 0.725. The minimum absolute atomic E-state index is 0.132. The first-order chi connectivity index (χ1) is 10.3. The average molecular weight is 317 g/mol. The number of carboxylic acid groups (broad SMARTS) is 1. The number of alkyl halides is 3. The minimum Gasteiger partial charge on any atom is -0.481 e. The van der Waals surface area contributed by atoms with Gasteiger partial charge in [-0.15, -0.1) is 0 Å². The van der Waals surface area contributed by atoms with Crippen LogP contribution in [0.4, 0.5) is 17.6 Å². The molecule has 2 rings (SSSR count). The van der Waals surface area contributed by atoms with Crippen molar-refractivity contribution in [2.45, 2.75) is 6.18 Å². The molecule has 0 amide bonds. The van der Waals surface area contributed by atoms with Crippen molar-refractivity contribution < 1.29 is 27.5 Å². The summed E-state index contributed by atoms with van der Waals surface area (Å²) in [6, 6.07) is 5.67. The summed E-state index contributed by atoms with van der Waals surface area (Å²) in [6.07, 6.45) is -1.21. The molecular weight excluding hydrogens is 302 g/mol. The summed E-state index contributed by atoms with van der Waals surface area (Å²) in [7, 11) is 0. The Labute approximate surface area is 124 Å². The second-order valence-corrected chi connectivity index (χ2v) is 5.27. The van der Waals surface area contributed by atoms with Gasteiger partial charge < -0.3 is 5.11 Å². The fourth-order valence-corrected chi connectivity index (χ4v) is 2.53. The lowest BCUT2D eigenvalue weighted by Gasteiger charge is -2.18. The van der Waals surface area contributed by atoms with E-state index in [4.69, 9.17) is 5.11 Å². The van der Waals surface area contributed by atoms with Crippen molar-refractivity contribution in [3.05, 3.63) is 41.7 Å². The molecule has 0 saturated carbocycles. The Bertz CT molecular complexity index is 554. The Morgan fingerprint density at radius 2 is 1.91 bits per heavy atom. The van der Waals surface area contributed by atoms with E-state index in [-0.39, 0.29) is 25.5 Å². The van der Waals surface area contributed by atoms with Crippen molar-refractivity contribution >= 4 is 12.0 Å². The molecule has 7 heteroatoms. The number of likely N-dealkylation sites (tertiary alicyclic amines) is 1. The van der Waals surface area contributed by atoms with Crippen LogP contribution in [0.2, 0.25) is 0 Å². The second-order valence-electron chi connectivity index (χ2n) is 5.27. The van der Waals surface area contributed by atoms with Crippen molar-refractivity contribution in [3.8, 4) is 0 Å². The van der Waals surface area contributed by atoms with Crippen LogP contribution in [0, 0.1) is 17.7 Å². The van der Waals surface area contributed by atoms with Gasteiger partial charge in [0.15, 0.2) is 0 Å². The molecule has 0 bridgehead atoms. The number of aliphatic carboxylic acids is 1. The second kappa shape index (κ2) is 6.48. The van der Waals surface area contributed by atoms with Crippen molar-refractivity contribution in [1.29, 1.82) is 0 Å². The lowest BCUT2D eigenvalue weighted by atomic mass is 9.96. The third-order valence-corrected chi connectivity index (χ3v) is 3.68. The molecule has 1 heterocycles. The summed E-state index contributed by atoms with van der Waals surface area (Å²) in [5, 5.41) is 8.91. The van der Waals surface area contributed by atoms with Crippen LogP contribution in [-0.2, 0) is 4.79 Å². The lowest BCUT2D eigenvalue weighted by molar-refractivity contribution is -0.188. The molecular formula is C15H15F4NO2. The van der Waals surface area contributed by atoms with Crippen LogP contribution >= 0.6 is 0 Å². The zero-order chi connectivity index (χ0) is 16.3. The predicted octanol–water partition coefficient (Wildman–Crippen LogP) is 3.03. The van der Waals surface area contributed by atoms with Crippen molar-refractivity contribution in [2.75, 3.05) is 19.6 Å². The van der Waals surface area contributed by atoms with Gasteiger partial charge in [-0.3, -0.25) is 9.69 Å². The molecule has 0 aromatic heterocycles. The zero-order valence-electron chi connectivity index (χ0n) is 11.6. The number of halogens is 4. The van der Waals surface area contributed by atoms with Gasteiger partial charge in [-0.1, -0.05) is 24.3 Å². The van der Waals surface area contributed by atoms with Crippen LogP contribution in [0.5, 0.6) is 0 Å². The van der Waals surface area contributed by atoms with Gasteiger partial charge in [-0.2, -0.15) is 13.2 Å². The number of benzene rings is 1. The molecule has 1 saturated heterocycles. The van der Waals surface area contributed by atoms with Gasteiger partial charge in [-0.05, 0) is 17.7 Å². The number of carbonyl (C=O) groups is 1. The predicted molar refractivity (Wildman–Crippen MR) is 72.5 cm³/mol. The van der Waals surface area contributed by atoms with Gasteiger partial charge >= 0.3 is 12.1 Å². The van der Waals surface area contributed by atoms with Crippen LogP contribution < -0.4 is 0 Å². The summed E-state index contributed by atoms with van der Waals surface area (Å²) in [5.74, 6) is -5.07. The lowest BCUT2D eigenvalue weighted by Crippen LogP contribution is -2.33. The van der Waals surface area contributed by atoms with E-state index in [9.17, 15) is 22.4 Å². The molecule has 0 aliphatic carbocycles. The van der Waals surface area contributed by atoms with E-state index in [1.165, 1.54) is 17.0 Å². The zero-order valence-corrected chi connectivity index (χ0v) is 11.6. The van der Waals surface area contributed by atoms with Gasteiger partial charge in [0.2, 0.25) is 0 Å². The highest BCUT2D eigenvalue weighted by Crippen LogP contribution is 2.37. The molecule has 0 spiro atoms. The van der Waals surface area contributed by atoms with E-state index in [0.717, 1.165) is 5.56 Å². The standard InChI is InChI=1S/C15H15F4NO2/c16-11-5-3-10(4-6-11)2-1-7-20-8-12(14(21)22)13(9-20)15(17,18)19/h1-6,12-13H,7-9H2,(H,21,22)/b2-1+/t12-,13-/m1/s1. The maximum Gasteiger partial charge on any atom is 0.393 e. The van der Waals surface area contributed by atoms with E-state index in [1.54, 1.807) is 24.3 Å². The maximum absolute atomic E-state index is 12.8. The highest BCUT2D eigenvalue weighted by Gasteiger charge is 2.52. The van der Waals surface area contributed by atoms with Crippen molar-refractivity contribution in [1.82, 2.24) is 4.90 Å². The van der Waals surface area contributed by atoms with Crippen LogP contribution in [-0.4, -0.2) is 41.8 Å². The van der Waals surface area contributed by atoms with Crippen molar-refractivity contribution in [3.63, 3.8) is 0 Å². The van der Waals surface area contributed by atoms with E-state index < -0.39 is 24.0 Å². The summed E-state index contributed by atoms with van der Waals surface area (Å²) >= 11 is 0. The summed E-state index contributed by atoms with van der Waals surface area (Å²) in [4.78, 5) is 12.4. The molecule has 0 radical (unpaired) electrons. The fraction of sp³-hybridized carbons (Fsp3) is 0.400. The molecule has 1 aliphatic rings. The molecule has 1 aliphatic heterocycles. The Balaban J connectivity index is 1.96. The highest BCUT2D eigenvalue weighted by atomic mass is 19.4. The monoisotopic (exact) mass is 317 g/mol. The normalized spacial score (nSPS) is 23.3. The van der Waals surface area contributed by atoms with Crippen LogP contribution in [0.3, 0.4) is 0 Å². The van der Waals surface area contributed by atoms with Gasteiger partial charge in [-0.25, -0.2) is 4.39 Å². The third kappa shape index (κ3) is 4.07.